The Kier molecular flexibility index (Phi) is 3.64. The van der Waals surface area contributed by atoms with Crippen molar-refractivity contribution in [2.45, 2.75) is 18.8 Å². The maximum atomic E-state index is 11.4. The number of aliphatic carboxylic acids is 1. The van der Waals surface area contributed by atoms with Gasteiger partial charge in [0.25, 0.3) is 0 Å². The van der Waals surface area contributed by atoms with Crippen molar-refractivity contribution in [1.29, 1.82) is 0 Å². The average Bonchev–Trinajstić information content (AvgIpc) is 2.90. The summed E-state index contributed by atoms with van der Waals surface area (Å²) in [6.07, 6.45) is 5.49. The molecule has 0 fully saturated rings. The minimum Gasteiger partial charge on any atom is -0.481 e. The number of hydrogen-bond acceptors (Lipinski definition) is 3. The molecule has 5 nitrogen and oxygen atoms in total. The van der Waals surface area contributed by atoms with Gasteiger partial charge < -0.3 is 10.0 Å². The highest BCUT2D eigenvalue weighted by Gasteiger charge is 2.29. The molecule has 0 aliphatic carbocycles. The van der Waals surface area contributed by atoms with E-state index in [1.165, 1.54) is 5.56 Å². The van der Waals surface area contributed by atoms with Crippen molar-refractivity contribution in [2.75, 3.05) is 18.0 Å². The zero-order valence-corrected chi connectivity index (χ0v) is 12.1. The van der Waals surface area contributed by atoms with Gasteiger partial charge in [-0.2, -0.15) is 5.10 Å². The molecule has 0 saturated carbocycles. The summed E-state index contributed by atoms with van der Waals surface area (Å²) >= 11 is 0. The topological polar surface area (TPSA) is 58.4 Å². The summed E-state index contributed by atoms with van der Waals surface area (Å²) in [6.45, 7) is 1.67. The van der Waals surface area contributed by atoms with Crippen LogP contribution in [0.3, 0.4) is 0 Å². The van der Waals surface area contributed by atoms with E-state index < -0.39 is 5.97 Å². The Morgan fingerprint density at radius 1 is 1.43 bits per heavy atom. The van der Waals surface area contributed by atoms with E-state index in [9.17, 15) is 9.90 Å². The summed E-state index contributed by atoms with van der Waals surface area (Å²) < 4.78 is 1.81. The monoisotopic (exact) mass is 285 g/mol. The molecule has 0 saturated heterocycles. The van der Waals surface area contributed by atoms with Crippen molar-refractivity contribution in [2.24, 2.45) is 7.05 Å². The number of carbonyl (C=O) groups is 1. The normalized spacial score (nSPS) is 17.6. The van der Waals surface area contributed by atoms with Crippen molar-refractivity contribution in [3.8, 4) is 0 Å². The van der Waals surface area contributed by atoms with Gasteiger partial charge >= 0.3 is 5.97 Å². The number of rotatable bonds is 4. The predicted octanol–water partition coefficient (Wildman–Crippen LogP) is 2.04. The Bertz CT molecular complexity index is 650. The van der Waals surface area contributed by atoms with Crippen LogP contribution in [0.2, 0.25) is 0 Å². The van der Waals surface area contributed by atoms with Gasteiger partial charge in [0, 0.05) is 32.0 Å². The molecule has 2 aromatic rings. The van der Waals surface area contributed by atoms with Crippen LogP contribution in [0.15, 0.2) is 36.7 Å². The minimum atomic E-state index is -0.727. The predicted molar refractivity (Wildman–Crippen MR) is 80.6 cm³/mol. The van der Waals surface area contributed by atoms with Gasteiger partial charge in [0.2, 0.25) is 0 Å². The SMILES string of the molecule is Cn1cc(CCN2CCC(C(=O)O)c3ccccc32)cn1. The number of benzene rings is 1. The van der Waals surface area contributed by atoms with Gasteiger partial charge in [0.1, 0.15) is 0 Å². The van der Waals surface area contributed by atoms with E-state index in [-0.39, 0.29) is 5.92 Å². The molecule has 2 heterocycles. The number of aromatic nitrogens is 2. The molecule has 1 aliphatic heterocycles. The summed E-state index contributed by atoms with van der Waals surface area (Å²) in [6, 6.07) is 7.84. The fourth-order valence-electron chi connectivity index (χ4n) is 2.98. The van der Waals surface area contributed by atoms with E-state index >= 15 is 0 Å². The van der Waals surface area contributed by atoms with E-state index in [0.717, 1.165) is 30.8 Å². The van der Waals surface area contributed by atoms with Crippen molar-refractivity contribution >= 4 is 11.7 Å². The van der Waals surface area contributed by atoms with E-state index in [1.54, 1.807) is 4.68 Å². The highest BCUT2D eigenvalue weighted by Crippen LogP contribution is 2.35. The van der Waals surface area contributed by atoms with Crippen LogP contribution in [0.1, 0.15) is 23.5 Å². The fourth-order valence-corrected chi connectivity index (χ4v) is 2.98. The largest absolute Gasteiger partial charge is 0.481 e. The third-order valence-electron chi connectivity index (χ3n) is 4.07. The van der Waals surface area contributed by atoms with Gasteiger partial charge in [-0.15, -0.1) is 0 Å². The first-order chi connectivity index (χ1) is 10.1. The summed E-state index contributed by atoms with van der Waals surface area (Å²) in [5.41, 5.74) is 3.19. The number of hydrogen-bond donors (Lipinski definition) is 1. The smallest absolute Gasteiger partial charge is 0.311 e. The molecule has 1 aromatic heterocycles. The summed E-state index contributed by atoms with van der Waals surface area (Å²) in [4.78, 5) is 13.7. The molecule has 3 rings (SSSR count). The lowest BCUT2D eigenvalue weighted by Crippen LogP contribution is -2.34. The van der Waals surface area contributed by atoms with E-state index in [0.29, 0.717) is 6.42 Å². The fraction of sp³-hybridized carbons (Fsp3) is 0.375. The van der Waals surface area contributed by atoms with Gasteiger partial charge in [-0.25, -0.2) is 0 Å². The van der Waals surface area contributed by atoms with Crippen LogP contribution in [-0.4, -0.2) is 33.9 Å². The van der Waals surface area contributed by atoms with Crippen LogP contribution < -0.4 is 4.90 Å². The minimum absolute atomic E-state index is 0.379. The molecule has 0 bridgehead atoms. The number of para-hydroxylation sites is 1. The number of nitrogens with zero attached hydrogens (tertiary/aromatic N) is 3. The standard InChI is InChI=1S/C16H19N3O2/c1-18-11-12(10-17-18)6-8-19-9-7-14(16(20)21)13-4-2-3-5-15(13)19/h2-5,10-11,14H,6-9H2,1H3,(H,20,21). The van der Waals surface area contributed by atoms with Crippen LogP contribution in [0.25, 0.3) is 0 Å². The van der Waals surface area contributed by atoms with Crippen LogP contribution in [0.4, 0.5) is 5.69 Å². The Morgan fingerprint density at radius 3 is 2.95 bits per heavy atom. The maximum Gasteiger partial charge on any atom is 0.311 e. The van der Waals surface area contributed by atoms with Crippen LogP contribution in [0, 0.1) is 0 Å². The highest BCUT2D eigenvalue weighted by molar-refractivity contribution is 5.80. The summed E-state index contributed by atoms with van der Waals surface area (Å²) in [5.74, 6) is -1.11. The third-order valence-corrected chi connectivity index (χ3v) is 4.07. The second-order valence-corrected chi connectivity index (χ2v) is 5.50. The average molecular weight is 285 g/mol. The molecular formula is C16H19N3O2. The van der Waals surface area contributed by atoms with Gasteiger partial charge in [-0.1, -0.05) is 18.2 Å². The van der Waals surface area contributed by atoms with E-state index in [4.69, 9.17) is 0 Å². The lowest BCUT2D eigenvalue weighted by molar-refractivity contribution is -0.139. The highest BCUT2D eigenvalue weighted by atomic mass is 16.4. The first-order valence-corrected chi connectivity index (χ1v) is 7.19. The number of fused-ring (bicyclic) bond motifs is 1. The quantitative estimate of drug-likeness (QED) is 0.934. The Balaban J connectivity index is 1.78. The van der Waals surface area contributed by atoms with Gasteiger partial charge in [-0.3, -0.25) is 9.48 Å². The maximum absolute atomic E-state index is 11.4. The van der Waals surface area contributed by atoms with Crippen LogP contribution in [-0.2, 0) is 18.3 Å². The van der Waals surface area contributed by atoms with Crippen molar-refractivity contribution in [3.05, 3.63) is 47.8 Å². The van der Waals surface area contributed by atoms with Gasteiger partial charge in [0.15, 0.2) is 0 Å². The second-order valence-electron chi connectivity index (χ2n) is 5.50. The molecule has 1 aromatic carbocycles. The first-order valence-electron chi connectivity index (χ1n) is 7.19. The Morgan fingerprint density at radius 2 is 2.24 bits per heavy atom. The number of anilines is 1. The summed E-state index contributed by atoms with van der Waals surface area (Å²) in [7, 11) is 1.91. The van der Waals surface area contributed by atoms with E-state index in [2.05, 4.69) is 10.00 Å². The lowest BCUT2D eigenvalue weighted by Gasteiger charge is -2.34. The molecule has 1 aliphatic rings. The first kappa shape index (κ1) is 13.7. The number of carboxylic acid groups (broad SMARTS) is 1. The number of carboxylic acids is 1. The van der Waals surface area contributed by atoms with Crippen molar-refractivity contribution in [3.63, 3.8) is 0 Å². The molecule has 0 spiro atoms. The molecule has 1 N–H and O–H groups in total. The van der Waals surface area contributed by atoms with Gasteiger partial charge in [-0.05, 0) is 30.0 Å². The number of aryl methyl sites for hydroxylation is 1. The molecule has 1 atom stereocenters. The van der Waals surface area contributed by atoms with Crippen LogP contribution in [0.5, 0.6) is 0 Å². The molecule has 110 valence electrons. The molecule has 0 radical (unpaired) electrons. The molecule has 1 unspecified atom stereocenters. The molecule has 5 heteroatoms. The van der Waals surface area contributed by atoms with Crippen LogP contribution >= 0.6 is 0 Å². The zero-order valence-electron chi connectivity index (χ0n) is 12.1. The lowest BCUT2D eigenvalue weighted by atomic mass is 9.90. The Labute approximate surface area is 123 Å². The second kappa shape index (κ2) is 5.60. The van der Waals surface area contributed by atoms with E-state index in [1.807, 2.05) is 43.7 Å². The molecule has 21 heavy (non-hydrogen) atoms. The van der Waals surface area contributed by atoms with Crippen molar-refractivity contribution < 1.29 is 9.90 Å². The third kappa shape index (κ3) is 2.77. The zero-order chi connectivity index (χ0) is 14.8. The summed E-state index contributed by atoms with van der Waals surface area (Å²) in [5, 5.41) is 13.5. The molecular weight excluding hydrogens is 266 g/mol. The molecule has 0 amide bonds. The Hall–Kier alpha value is -2.30. The van der Waals surface area contributed by atoms with Crippen molar-refractivity contribution in [1.82, 2.24) is 9.78 Å². The van der Waals surface area contributed by atoms with Gasteiger partial charge in [0.05, 0.1) is 12.1 Å².